The molecule has 1 amide bonds. The molecule has 3 N–H and O–H groups in total. The summed E-state index contributed by atoms with van der Waals surface area (Å²) in [6.07, 6.45) is 3.65. The summed E-state index contributed by atoms with van der Waals surface area (Å²) in [5, 5.41) is 9.24. The van der Waals surface area contributed by atoms with Crippen LogP contribution in [0.15, 0.2) is 12.3 Å². The van der Waals surface area contributed by atoms with Crippen LogP contribution in [0.25, 0.3) is 0 Å². The Morgan fingerprint density at radius 1 is 1.41 bits per heavy atom. The van der Waals surface area contributed by atoms with Gasteiger partial charge in [-0.25, -0.2) is 9.78 Å². The van der Waals surface area contributed by atoms with E-state index in [9.17, 15) is 9.59 Å². The molecule has 2 rings (SSSR count). The van der Waals surface area contributed by atoms with Crippen LogP contribution in [0.2, 0.25) is 0 Å². The van der Waals surface area contributed by atoms with E-state index in [1.807, 2.05) is 6.92 Å². The normalized spacial score (nSPS) is 15.2. The molecule has 0 spiro atoms. The minimum atomic E-state index is -0.890. The molecule has 1 aromatic rings. The summed E-state index contributed by atoms with van der Waals surface area (Å²) in [4.78, 5) is 27.6. The van der Waals surface area contributed by atoms with Crippen molar-refractivity contribution in [1.82, 2.24) is 10.3 Å². The second-order valence-corrected chi connectivity index (χ2v) is 5.19. The van der Waals surface area contributed by atoms with E-state index < -0.39 is 11.9 Å². The number of pyridine rings is 1. The Kier molecular flexibility index (Phi) is 5.71. The molecule has 0 radical (unpaired) electrons. The summed E-state index contributed by atoms with van der Waals surface area (Å²) >= 11 is 0. The highest BCUT2D eigenvalue weighted by Crippen LogP contribution is 2.25. The summed E-state index contributed by atoms with van der Waals surface area (Å²) < 4.78 is 4.71. The fourth-order valence-corrected chi connectivity index (χ4v) is 2.35. The average Bonchev–Trinajstić information content (AvgIpc) is 2.52. The van der Waals surface area contributed by atoms with Crippen LogP contribution in [-0.4, -0.2) is 42.6 Å². The number of rotatable bonds is 4. The minimum absolute atomic E-state index is 0.165. The predicted molar refractivity (Wildman–Crippen MR) is 83.8 cm³/mol. The molecule has 1 aromatic heterocycles. The molecule has 0 atom stereocenters. The number of amides is 1. The van der Waals surface area contributed by atoms with Gasteiger partial charge in [-0.05, 0) is 51.4 Å². The molecule has 0 aliphatic carbocycles. The van der Waals surface area contributed by atoms with Gasteiger partial charge in [-0.15, -0.1) is 0 Å². The molecule has 7 nitrogen and oxygen atoms in total. The van der Waals surface area contributed by atoms with Gasteiger partial charge in [0.1, 0.15) is 5.82 Å². The number of aromatic nitrogens is 1. The first-order valence-electron chi connectivity index (χ1n) is 7.52. The summed E-state index contributed by atoms with van der Waals surface area (Å²) in [6.45, 7) is 5.58. The van der Waals surface area contributed by atoms with E-state index in [1.54, 1.807) is 19.2 Å². The maximum atomic E-state index is 11.8. The lowest BCUT2D eigenvalue weighted by Crippen LogP contribution is -2.36. The Morgan fingerprint density at radius 2 is 2.14 bits per heavy atom. The zero-order valence-electron chi connectivity index (χ0n) is 12.9. The molecule has 0 bridgehead atoms. The maximum Gasteiger partial charge on any atom is 0.397 e. The Bertz CT molecular complexity index is 542. The summed E-state index contributed by atoms with van der Waals surface area (Å²) in [5.41, 5.74) is 1.36. The van der Waals surface area contributed by atoms with Crippen molar-refractivity contribution < 1.29 is 14.3 Å². The number of esters is 1. The van der Waals surface area contributed by atoms with Gasteiger partial charge in [-0.3, -0.25) is 4.79 Å². The van der Waals surface area contributed by atoms with Crippen molar-refractivity contribution >= 4 is 23.4 Å². The van der Waals surface area contributed by atoms with Gasteiger partial charge in [0.25, 0.3) is 0 Å². The van der Waals surface area contributed by atoms with Crippen LogP contribution < -0.4 is 16.0 Å². The molecular weight excluding hydrogens is 284 g/mol. The Balaban J connectivity index is 2.11. The molecule has 120 valence electrons. The second kappa shape index (κ2) is 7.74. The van der Waals surface area contributed by atoms with Crippen LogP contribution >= 0.6 is 0 Å². The summed E-state index contributed by atoms with van der Waals surface area (Å²) in [7, 11) is 0. The molecule has 0 aromatic carbocycles. The van der Waals surface area contributed by atoms with E-state index in [0.717, 1.165) is 31.5 Å². The lowest BCUT2D eigenvalue weighted by molar-refractivity contribution is -0.152. The molecule has 7 heteroatoms. The van der Waals surface area contributed by atoms with E-state index in [-0.39, 0.29) is 6.61 Å². The SMILES string of the molecule is CCOC(=O)C(=O)Nc1c(C)ccnc1NC1CCNCC1. The Morgan fingerprint density at radius 3 is 2.82 bits per heavy atom. The van der Waals surface area contributed by atoms with Crippen LogP contribution in [0.4, 0.5) is 11.5 Å². The molecule has 1 aliphatic heterocycles. The van der Waals surface area contributed by atoms with E-state index >= 15 is 0 Å². The monoisotopic (exact) mass is 306 g/mol. The van der Waals surface area contributed by atoms with E-state index in [2.05, 4.69) is 20.9 Å². The number of piperidine rings is 1. The standard InChI is InChI=1S/C15H22N4O3/c1-3-22-15(21)14(20)19-12-10(2)4-9-17-13(12)18-11-5-7-16-8-6-11/h4,9,11,16H,3,5-8H2,1-2H3,(H,17,18)(H,19,20). The third-order valence-electron chi connectivity index (χ3n) is 3.54. The quantitative estimate of drug-likeness (QED) is 0.569. The van der Waals surface area contributed by atoms with Crippen LogP contribution in [0.5, 0.6) is 0 Å². The molecule has 0 saturated carbocycles. The number of anilines is 2. The third-order valence-corrected chi connectivity index (χ3v) is 3.54. The van der Waals surface area contributed by atoms with Gasteiger partial charge in [-0.1, -0.05) is 0 Å². The maximum absolute atomic E-state index is 11.8. The molecule has 2 heterocycles. The van der Waals surface area contributed by atoms with Crippen molar-refractivity contribution in [2.24, 2.45) is 0 Å². The topological polar surface area (TPSA) is 92.4 Å². The first kappa shape index (κ1) is 16.2. The number of nitrogens with one attached hydrogen (secondary N) is 3. The fraction of sp³-hybridized carbons (Fsp3) is 0.533. The van der Waals surface area contributed by atoms with E-state index in [1.165, 1.54) is 0 Å². The molecule has 0 unspecified atom stereocenters. The van der Waals surface area contributed by atoms with Crippen molar-refractivity contribution in [3.8, 4) is 0 Å². The fourth-order valence-electron chi connectivity index (χ4n) is 2.35. The molecular formula is C15H22N4O3. The van der Waals surface area contributed by atoms with Gasteiger partial charge >= 0.3 is 11.9 Å². The minimum Gasteiger partial charge on any atom is -0.459 e. The predicted octanol–water partition coefficient (Wildman–Crippen LogP) is 1.06. The first-order valence-corrected chi connectivity index (χ1v) is 7.52. The van der Waals surface area contributed by atoms with Gasteiger partial charge in [0, 0.05) is 12.2 Å². The molecule has 22 heavy (non-hydrogen) atoms. The summed E-state index contributed by atoms with van der Waals surface area (Å²) in [6, 6.07) is 2.09. The van der Waals surface area contributed by atoms with Crippen molar-refractivity contribution in [1.29, 1.82) is 0 Å². The zero-order chi connectivity index (χ0) is 15.9. The lowest BCUT2D eigenvalue weighted by atomic mass is 10.1. The highest BCUT2D eigenvalue weighted by Gasteiger charge is 2.20. The van der Waals surface area contributed by atoms with Crippen molar-refractivity contribution in [3.05, 3.63) is 17.8 Å². The third kappa shape index (κ3) is 4.17. The van der Waals surface area contributed by atoms with E-state index in [4.69, 9.17) is 4.74 Å². The number of ether oxygens (including phenoxy) is 1. The molecule has 1 saturated heterocycles. The zero-order valence-corrected chi connectivity index (χ0v) is 12.9. The number of carbonyl (C=O) groups is 2. The second-order valence-electron chi connectivity index (χ2n) is 5.19. The van der Waals surface area contributed by atoms with Gasteiger partial charge < -0.3 is 20.7 Å². The van der Waals surface area contributed by atoms with Gasteiger partial charge in [0.2, 0.25) is 0 Å². The van der Waals surface area contributed by atoms with Crippen molar-refractivity contribution in [2.75, 3.05) is 30.3 Å². The number of nitrogens with zero attached hydrogens (tertiary/aromatic N) is 1. The van der Waals surface area contributed by atoms with Gasteiger partial charge in [-0.2, -0.15) is 0 Å². The average molecular weight is 306 g/mol. The van der Waals surface area contributed by atoms with Crippen molar-refractivity contribution in [2.45, 2.75) is 32.7 Å². The highest BCUT2D eigenvalue weighted by molar-refractivity contribution is 6.37. The largest absolute Gasteiger partial charge is 0.459 e. The number of carbonyl (C=O) groups excluding carboxylic acids is 2. The van der Waals surface area contributed by atoms with Crippen LogP contribution in [-0.2, 0) is 14.3 Å². The van der Waals surface area contributed by atoms with Gasteiger partial charge in [0.15, 0.2) is 0 Å². The Labute approximate surface area is 129 Å². The summed E-state index contributed by atoms with van der Waals surface area (Å²) in [5.74, 6) is -1.09. The number of hydrogen-bond donors (Lipinski definition) is 3. The highest BCUT2D eigenvalue weighted by atomic mass is 16.5. The molecule has 1 aliphatic rings. The Hall–Kier alpha value is -2.15. The van der Waals surface area contributed by atoms with E-state index in [0.29, 0.717) is 17.5 Å². The first-order chi connectivity index (χ1) is 10.6. The van der Waals surface area contributed by atoms with Crippen LogP contribution in [0, 0.1) is 6.92 Å². The van der Waals surface area contributed by atoms with Crippen LogP contribution in [0.3, 0.4) is 0 Å². The number of hydrogen-bond acceptors (Lipinski definition) is 6. The van der Waals surface area contributed by atoms with Gasteiger partial charge in [0.05, 0.1) is 12.3 Å². The smallest absolute Gasteiger partial charge is 0.397 e. The number of aryl methyl sites for hydroxylation is 1. The molecule has 1 fully saturated rings. The lowest BCUT2D eigenvalue weighted by Gasteiger charge is -2.25. The van der Waals surface area contributed by atoms with Crippen LogP contribution in [0.1, 0.15) is 25.3 Å². The van der Waals surface area contributed by atoms with Crippen molar-refractivity contribution in [3.63, 3.8) is 0 Å².